The summed E-state index contributed by atoms with van der Waals surface area (Å²) in [5.74, 6) is 0. The zero-order valence-electron chi connectivity index (χ0n) is 16.2. The molecule has 19 heteroatoms. The first-order valence-electron chi connectivity index (χ1n) is 7.12. The third-order valence-electron chi connectivity index (χ3n) is 1.56. The fourth-order valence-corrected chi connectivity index (χ4v) is 0.707. The summed E-state index contributed by atoms with van der Waals surface area (Å²) in [6.07, 6.45) is 5.19. The van der Waals surface area contributed by atoms with Crippen LogP contribution in [0.1, 0.15) is 39.5 Å². The minimum atomic E-state index is -5.17. The average Bonchev–Trinajstić information content (AvgIpc) is 2.38. The molecule has 0 spiro atoms. The van der Waals surface area contributed by atoms with Gasteiger partial charge < -0.3 is 38.0 Å². The first kappa shape index (κ1) is 47.4. The Morgan fingerprint density at radius 2 is 0.690 bits per heavy atom. The van der Waals surface area contributed by atoms with Gasteiger partial charge in [-0.3, -0.25) is 25.3 Å². The molecular weight excluding hydrogens is 540 g/mol. The van der Waals surface area contributed by atoms with E-state index < -0.39 is 31.2 Å². The minimum Gasteiger partial charge on any atom is -0.759 e. The third kappa shape index (κ3) is 465. The first-order chi connectivity index (χ1) is 11.8. The maximum absolute atomic E-state index is 8.52. The molecule has 0 aliphatic rings. The monoisotopic (exact) mass is 566 g/mol. The summed E-state index contributed by atoms with van der Waals surface area (Å²) in [6, 6.07) is 0. The molecule has 14 nitrogen and oxygen atoms in total. The zero-order chi connectivity index (χ0) is 23.2. The van der Waals surface area contributed by atoms with Crippen molar-refractivity contribution in [3.63, 3.8) is 0 Å². The second-order valence-corrected chi connectivity index (χ2v) is 6.59. The van der Waals surface area contributed by atoms with Crippen molar-refractivity contribution in [1.82, 2.24) is 10.6 Å². The van der Waals surface area contributed by atoms with Crippen LogP contribution in [0.15, 0.2) is 0 Å². The van der Waals surface area contributed by atoms with Crippen LogP contribution in [-0.2, 0) is 65.9 Å². The average molecular weight is 567 g/mol. The molecule has 29 heavy (non-hydrogen) atoms. The van der Waals surface area contributed by atoms with Gasteiger partial charge >= 0.3 is 34.7 Å². The van der Waals surface area contributed by atoms with Gasteiger partial charge in [0.2, 0.25) is 0 Å². The second kappa shape index (κ2) is 30.8. The van der Waals surface area contributed by atoms with Crippen LogP contribution in [0.4, 0.5) is 0 Å². The Balaban J connectivity index is -0.0000000411. The molecule has 0 aromatic rings. The van der Waals surface area contributed by atoms with Gasteiger partial charge in [0.25, 0.3) is 0 Å². The Labute approximate surface area is 195 Å². The first-order valence-corrected chi connectivity index (χ1v) is 11.1. The van der Waals surface area contributed by atoms with Crippen LogP contribution in [0.25, 0.3) is 0 Å². The molecule has 0 saturated carbocycles. The summed E-state index contributed by atoms with van der Waals surface area (Å²) in [5.41, 5.74) is 0. The minimum absolute atomic E-state index is 0. The van der Waals surface area contributed by atoms with Crippen molar-refractivity contribution in [2.24, 2.45) is 0 Å². The van der Waals surface area contributed by atoms with E-state index in [0.29, 0.717) is 0 Å². The second-order valence-electron chi connectivity index (χ2n) is 4.14. The van der Waals surface area contributed by atoms with Gasteiger partial charge in [0.1, 0.15) is 0 Å². The van der Waals surface area contributed by atoms with Crippen molar-refractivity contribution in [3.8, 4) is 0 Å². The fraction of sp³-hybridized carbons (Fsp3) is 1.00. The molecule has 0 aliphatic heterocycles. The van der Waals surface area contributed by atoms with E-state index >= 15 is 0 Å². The van der Waals surface area contributed by atoms with Crippen molar-refractivity contribution < 1.29 is 87.3 Å². The van der Waals surface area contributed by atoms with Gasteiger partial charge in [-0.15, -0.1) is 0 Å². The van der Waals surface area contributed by atoms with Crippen LogP contribution in [0.5, 0.6) is 0 Å². The zero-order valence-corrected chi connectivity index (χ0v) is 21.2. The summed E-state index contributed by atoms with van der Waals surface area (Å²) in [7, 11) is -11.5. The molecule has 0 rings (SSSR count). The Bertz CT molecular complexity index is 474. The van der Waals surface area contributed by atoms with Gasteiger partial charge in [0.05, 0.1) is 0 Å². The summed E-state index contributed by atoms with van der Waals surface area (Å²) in [5, 5.41) is 6.14. The van der Waals surface area contributed by atoms with E-state index in [4.69, 9.17) is 52.6 Å². The van der Waals surface area contributed by atoms with E-state index in [1.54, 1.807) is 0 Å². The summed E-state index contributed by atoms with van der Waals surface area (Å²) in [6.45, 7) is 6.71. The van der Waals surface area contributed by atoms with E-state index in [0.717, 1.165) is 13.1 Å². The largest absolute Gasteiger partial charge is 3.00 e. The SMILES string of the molecule is CCCCNC.CCCCNC.O=S(=O)([O-])[O-].O=S(=O)([O-])[O-].O=S(=O)([O-])[O-].[Cr+3].[Cr+3]. The van der Waals surface area contributed by atoms with E-state index in [9.17, 15) is 0 Å². The molecule has 0 heterocycles. The standard InChI is InChI=1S/2C5H13N.2Cr.3H2O4S/c2*1-3-4-5-6-2;;;3*1-5(2,3)4/h2*6H,3-5H2,1-2H3;;;3*(H2,1,2,3,4)/q;;2*+3;;;/p-6. The smallest absolute Gasteiger partial charge is 0.759 e. The number of hydrogen-bond donors (Lipinski definition) is 2. The molecule has 0 fully saturated rings. The van der Waals surface area contributed by atoms with E-state index in [2.05, 4.69) is 24.5 Å². The molecular formula is C10H26Cr2N2O12S3. The number of hydrogen-bond acceptors (Lipinski definition) is 14. The maximum atomic E-state index is 8.52. The molecule has 0 aliphatic carbocycles. The molecule has 0 atom stereocenters. The molecule has 0 unspecified atom stereocenters. The van der Waals surface area contributed by atoms with Crippen molar-refractivity contribution in [3.05, 3.63) is 0 Å². The topological polar surface area (TPSA) is 265 Å². The van der Waals surface area contributed by atoms with E-state index in [1.165, 1.54) is 25.7 Å². The molecule has 0 aromatic carbocycles. The predicted molar refractivity (Wildman–Crippen MR) is 89.1 cm³/mol. The Morgan fingerprint density at radius 1 is 0.552 bits per heavy atom. The van der Waals surface area contributed by atoms with Crippen LogP contribution < -0.4 is 10.6 Å². The van der Waals surface area contributed by atoms with Crippen molar-refractivity contribution in [2.45, 2.75) is 39.5 Å². The van der Waals surface area contributed by atoms with Gasteiger partial charge in [-0.05, 0) is 40.0 Å². The van der Waals surface area contributed by atoms with Gasteiger partial charge in [-0.25, -0.2) is 0 Å². The molecule has 0 amide bonds. The van der Waals surface area contributed by atoms with Crippen molar-refractivity contribution in [1.29, 1.82) is 0 Å². The summed E-state index contributed by atoms with van der Waals surface area (Å²) in [4.78, 5) is 0. The fourth-order valence-electron chi connectivity index (χ4n) is 0.707. The van der Waals surface area contributed by atoms with Crippen LogP contribution in [0.2, 0.25) is 0 Å². The Kier molecular flexibility index (Phi) is 50.3. The maximum Gasteiger partial charge on any atom is 3.00 e. The van der Waals surface area contributed by atoms with Gasteiger partial charge in [-0.1, -0.05) is 26.7 Å². The van der Waals surface area contributed by atoms with Crippen LogP contribution in [0, 0.1) is 0 Å². The molecule has 0 saturated heterocycles. The number of nitrogens with one attached hydrogen (secondary N) is 2. The van der Waals surface area contributed by atoms with Gasteiger partial charge in [0.15, 0.2) is 0 Å². The normalized spacial score (nSPS) is 9.72. The van der Waals surface area contributed by atoms with E-state index in [1.807, 2.05) is 14.1 Å². The Morgan fingerprint density at radius 3 is 0.724 bits per heavy atom. The van der Waals surface area contributed by atoms with Crippen molar-refractivity contribution >= 4 is 31.2 Å². The van der Waals surface area contributed by atoms with Crippen LogP contribution in [0.3, 0.4) is 0 Å². The number of unbranched alkanes of at least 4 members (excludes halogenated alkanes) is 2. The van der Waals surface area contributed by atoms with Gasteiger partial charge in [0, 0.05) is 31.2 Å². The summed E-state index contributed by atoms with van der Waals surface area (Å²) >= 11 is 0. The molecule has 178 valence electrons. The van der Waals surface area contributed by atoms with Crippen molar-refractivity contribution in [2.75, 3.05) is 27.2 Å². The predicted octanol–water partition coefficient (Wildman–Crippen LogP) is -2.01. The van der Waals surface area contributed by atoms with E-state index in [-0.39, 0.29) is 34.7 Å². The third-order valence-corrected chi connectivity index (χ3v) is 1.56. The summed E-state index contributed by atoms with van der Waals surface area (Å²) < 4.78 is 102. The molecule has 2 N–H and O–H groups in total. The molecule has 0 bridgehead atoms. The molecule has 2 radical (unpaired) electrons. The van der Waals surface area contributed by atoms with Crippen LogP contribution >= 0.6 is 0 Å². The Hall–Kier alpha value is 0.595. The quantitative estimate of drug-likeness (QED) is 0.200. The van der Waals surface area contributed by atoms with Gasteiger partial charge in [-0.2, -0.15) is 0 Å². The van der Waals surface area contributed by atoms with Crippen LogP contribution in [-0.4, -0.2) is 79.8 Å². The number of rotatable bonds is 6. The molecule has 0 aromatic heterocycles.